The number of para-hydroxylation sites is 1. The van der Waals surface area contributed by atoms with E-state index in [1.54, 1.807) is 0 Å². The average molecular weight is 293 g/mol. The number of aromatic amines is 2. The summed E-state index contributed by atoms with van der Waals surface area (Å²) in [4.78, 5) is 17.2. The molecule has 1 aromatic heterocycles. The number of rotatable bonds is 2. The Morgan fingerprint density at radius 2 is 1.86 bits per heavy atom. The summed E-state index contributed by atoms with van der Waals surface area (Å²) in [7, 11) is 0. The van der Waals surface area contributed by atoms with Crippen molar-refractivity contribution in [2.75, 3.05) is 13.1 Å². The SMILES string of the molecule is O=c1[nH]c2cccc(-c3ccc(C4CCCNC4)cc3)c2[nH]1. The highest BCUT2D eigenvalue weighted by molar-refractivity contribution is 5.91. The number of hydrogen-bond donors (Lipinski definition) is 3. The molecule has 2 aromatic carbocycles. The molecule has 0 radical (unpaired) electrons. The van der Waals surface area contributed by atoms with Crippen LogP contribution in [-0.4, -0.2) is 23.1 Å². The molecule has 0 saturated carbocycles. The van der Waals surface area contributed by atoms with Gasteiger partial charge in [0.2, 0.25) is 0 Å². The molecule has 0 amide bonds. The number of benzene rings is 2. The van der Waals surface area contributed by atoms with Gasteiger partial charge < -0.3 is 15.3 Å². The van der Waals surface area contributed by atoms with Crippen molar-refractivity contribution in [2.24, 2.45) is 0 Å². The Bertz CT molecular complexity index is 839. The predicted molar refractivity (Wildman–Crippen MR) is 89.2 cm³/mol. The van der Waals surface area contributed by atoms with Crippen LogP contribution in [0.25, 0.3) is 22.2 Å². The summed E-state index contributed by atoms with van der Waals surface area (Å²) in [6.45, 7) is 2.21. The number of aromatic nitrogens is 2. The van der Waals surface area contributed by atoms with Crippen molar-refractivity contribution in [1.29, 1.82) is 0 Å². The quantitative estimate of drug-likeness (QED) is 0.680. The van der Waals surface area contributed by atoms with Crippen molar-refractivity contribution >= 4 is 11.0 Å². The summed E-state index contributed by atoms with van der Waals surface area (Å²) < 4.78 is 0. The minimum absolute atomic E-state index is 0.160. The molecule has 3 N–H and O–H groups in total. The summed E-state index contributed by atoms with van der Waals surface area (Å²) in [5.41, 5.74) is 5.15. The van der Waals surface area contributed by atoms with Gasteiger partial charge in [-0.05, 0) is 42.5 Å². The van der Waals surface area contributed by atoms with E-state index in [4.69, 9.17) is 0 Å². The molecule has 1 aliphatic heterocycles. The van der Waals surface area contributed by atoms with Gasteiger partial charge in [0.25, 0.3) is 0 Å². The first-order valence-electron chi connectivity index (χ1n) is 7.83. The van der Waals surface area contributed by atoms with E-state index in [1.165, 1.54) is 18.4 Å². The summed E-state index contributed by atoms with van der Waals surface area (Å²) in [6.07, 6.45) is 2.50. The molecule has 0 aliphatic carbocycles. The lowest BCUT2D eigenvalue weighted by atomic mass is 9.90. The minimum Gasteiger partial charge on any atom is -0.316 e. The fourth-order valence-electron chi connectivity index (χ4n) is 3.37. The number of H-pyrrole nitrogens is 2. The molecule has 1 unspecified atom stereocenters. The predicted octanol–water partition coefficient (Wildman–Crippen LogP) is 2.99. The second-order valence-electron chi connectivity index (χ2n) is 5.97. The number of piperidine rings is 1. The summed E-state index contributed by atoms with van der Waals surface area (Å²) >= 11 is 0. The van der Waals surface area contributed by atoms with E-state index >= 15 is 0 Å². The van der Waals surface area contributed by atoms with Crippen molar-refractivity contribution in [3.8, 4) is 11.1 Å². The monoisotopic (exact) mass is 293 g/mol. The lowest BCUT2D eigenvalue weighted by Crippen LogP contribution is -2.28. The van der Waals surface area contributed by atoms with Gasteiger partial charge in [0, 0.05) is 12.1 Å². The summed E-state index contributed by atoms with van der Waals surface area (Å²) in [6, 6.07) is 14.7. The third-order valence-electron chi connectivity index (χ3n) is 4.54. The van der Waals surface area contributed by atoms with Crippen LogP contribution >= 0.6 is 0 Å². The first kappa shape index (κ1) is 13.3. The zero-order valence-electron chi connectivity index (χ0n) is 12.4. The van der Waals surface area contributed by atoms with E-state index < -0.39 is 0 Å². The van der Waals surface area contributed by atoms with E-state index in [-0.39, 0.29) is 5.69 Å². The van der Waals surface area contributed by atoms with Gasteiger partial charge in [-0.2, -0.15) is 0 Å². The Morgan fingerprint density at radius 1 is 1.00 bits per heavy atom. The van der Waals surface area contributed by atoms with Crippen LogP contribution in [0.2, 0.25) is 0 Å². The highest BCUT2D eigenvalue weighted by Gasteiger charge is 2.15. The van der Waals surface area contributed by atoms with Crippen molar-refractivity contribution in [3.63, 3.8) is 0 Å². The lowest BCUT2D eigenvalue weighted by molar-refractivity contribution is 0.461. The van der Waals surface area contributed by atoms with Crippen LogP contribution in [0.5, 0.6) is 0 Å². The topological polar surface area (TPSA) is 60.7 Å². The van der Waals surface area contributed by atoms with Crippen molar-refractivity contribution in [3.05, 3.63) is 58.5 Å². The first-order valence-corrected chi connectivity index (χ1v) is 7.83. The molecule has 0 spiro atoms. The van der Waals surface area contributed by atoms with Gasteiger partial charge in [-0.15, -0.1) is 0 Å². The second-order valence-corrected chi connectivity index (χ2v) is 5.97. The van der Waals surface area contributed by atoms with Crippen LogP contribution in [0, 0.1) is 0 Å². The Hall–Kier alpha value is -2.33. The van der Waals surface area contributed by atoms with Gasteiger partial charge in [0.05, 0.1) is 11.0 Å². The largest absolute Gasteiger partial charge is 0.323 e. The highest BCUT2D eigenvalue weighted by atomic mass is 16.1. The average Bonchev–Trinajstić information content (AvgIpc) is 2.96. The number of fused-ring (bicyclic) bond motifs is 1. The molecule has 2 heterocycles. The van der Waals surface area contributed by atoms with Gasteiger partial charge in [0.1, 0.15) is 0 Å². The standard InChI is InChI=1S/C18H19N3O/c22-18-20-16-5-1-4-15(17(16)21-18)13-8-6-12(7-9-13)14-3-2-10-19-11-14/h1,4-9,14,19H,2-3,10-11H2,(H2,20,21,22). The van der Waals surface area contributed by atoms with E-state index in [9.17, 15) is 4.79 Å². The second kappa shape index (κ2) is 5.46. The Morgan fingerprint density at radius 3 is 2.64 bits per heavy atom. The highest BCUT2D eigenvalue weighted by Crippen LogP contribution is 2.29. The van der Waals surface area contributed by atoms with E-state index in [2.05, 4.69) is 39.6 Å². The molecule has 4 heteroatoms. The lowest BCUT2D eigenvalue weighted by Gasteiger charge is -2.23. The van der Waals surface area contributed by atoms with Crippen LogP contribution in [-0.2, 0) is 0 Å². The van der Waals surface area contributed by atoms with Crippen LogP contribution in [0.15, 0.2) is 47.3 Å². The van der Waals surface area contributed by atoms with Crippen LogP contribution in [0.4, 0.5) is 0 Å². The molecule has 22 heavy (non-hydrogen) atoms. The molecule has 1 aliphatic rings. The molecular formula is C18H19N3O. The van der Waals surface area contributed by atoms with Gasteiger partial charge in [-0.1, -0.05) is 36.4 Å². The molecule has 0 bridgehead atoms. The number of imidazole rings is 1. The fourth-order valence-corrected chi connectivity index (χ4v) is 3.37. The zero-order chi connectivity index (χ0) is 14.9. The Balaban J connectivity index is 1.71. The number of nitrogens with one attached hydrogen (secondary N) is 3. The van der Waals surface area contributed by atoms with Crippen molar-refractivity contribution in [1.82, 2.24) is 15.3 Å². The molecule has 3 aromatic rings. The van der Waals surface area contributed by atoms with Crippen LogP contribution in [0.3, 0.4) is 0 Å². The first-order chi connectivity index (χ1) is 10.8. The third-order valence-corrected chi connectivity index (χ3v) is 4.54. The number of hydrogen-bond acceptors (Lipinski definition) is 2. The maximum Gasteiger partial charge on any atom is 0.323 e. The van der Waals surface area contributed by atoms with Crippen molar-refractivity contribution in [2.45, 2.75) is 18.8 Å². The molecule has 1 atom stereocenters. The summed E-state index contributed by atoms with van der Waals surface area (Å²) in [5.74, 6) is 0.616. The van der Waals surface area contributed by atoms with Crippen LogP contribution < -0.4 is 11.0 Å². The molecule has 1 fully saturated rings. The zero-order valence-corrected chi connectivity index (χ0v) is 12.4. The van der Waals surface area contributed by atoms with Crippen LogP contribution in [0.1, 0.15) is 24.3 Å². The van der Waals surface area contributed by atoms with Crippen molar-refractivity contribution < 1.29 is 0 Å². The third kappa shape index (κ3) is 2.35. The van der Waals surface area contributed by atoms with Gasteiger partial charge in [0.15, 0.2) is 0 Å². The molecule has 4 nitrogen and oxygen atoms in total. The molecule has 4 rings (SSSR count). The molecular weight excluding hydrogens is 274 g/mol. The minimum atomic E-state index is -0.160. The molecule has 112 valence electrons. The van der Waals surface area contributed by atoms with Gasteiger partial charge >= 0.3 is 5.69 Å². The Labute approximate surface area is 128 Å². The van der Waals surface area contributed by atoms with E-state index in [0.29, 0.717) is 5.92 Å². The van der Waals surface area contributed by atoms with Gasteiger partial charge in [-0.25, -0.2) is 4.79 Å². The Kier molecular flexibility index (Phi) is 3.31. The summed E-state index contributed by atoms with van der Waals surface area (Å²) in [5, 5.41) is 3.46. The maximum absolute atomic E-state index is 11.5. The maximum atomic E-state index is 11.5. The van der Waals surface area contributed by atoms with Gasteiger partial charge in [-0.3, -0.25) is 0 Å². The molecule has 1 saturated heterocycles. The van der Waals surface area contributed by atoms with E-state index in [1.807, 2.05) is 18.2 Å². The normalized spacial score (nSPS) is 18.6. The van der Waals surface area contributed by atoms with E-state index in [0.717, 1.165) is 35.2 Å². The fraction of sp³-hybridized carbons (Fsp3) is 0.278. The smallest absolute Gasteiger partial charge is 0.316 e.